The molecule has 0 saturated carbocycles. The molecule has 7 heteroatoms. The number of fused-ring (bicyclic) bond motifs is 4. The molecule has 36 heavy (non-hydrogen) atoms. The standard InChI is InChI=1S/C29H17BrN4OS/c30-18-7-12-26-22(15-18)27-24(10-9-21(28(27)36-26)29-31-13-4-14-32-29)34(19-5-2-1-3-6-19)20-8-11-25-23(16-20)33-17-35-25/h1-17H. The van der Waals surface area contributed by atoms with Crippen molar-refractivity contribution in [2.24, 2.45) is 0 Å². The average molecular weight is 549 g/mol. The van der Waals surface area contributed by atoms with Crippen molar-refractivity contribution >= 4 is 75.6 Å². The summed E-state index contributed by atoms with van der Waals surface area (Å²) >= 11 is 5.45. The van der Waals surface area contributed by atoms with Crippen LogP contribution in [0.25, 0.3) is 42.7 Å². The van der Waals surface area contributed by atoms with Gasteiger partial charge in [0.2, 0.25) is 0 Å². The van der Waals surface area contributed by atoms with Gasteiger partial charge in [-0.1, -0.05) is 34.1 Å². The van der Waals surface area contributed by atoms with E-state index in [9.17, 15) is 0 Å². The number of rotatable bonds is 4. The molecule has 0 unspecified atom stereocenters. The lowest BCUT2D eigenvalue weighted by Gasteiger charge is -2.26. The predicted octanol–water partition coefficient (Wildman–Crippen LogP) is 8.88. The second kappa shape index (κ2) is 8.55. The van der Waals surface area contributed by atoms with Crippen LogP contribution in [0.3, 0.4) is 0 Å². The van der Waals surface area contributed by atoms with Crippen LogP contribution in [0.2, 0.25) is 0 Å². The molecule has 0 radical (unpaired) electrons. The van der Waals surface area contributed by atoms with Gasteiger partial charge < -0.3 is 9.32 Å². The van der Waals surface area contributed by atoms with Gasteiger partial charge in [0.25, 0.3) is 0 Å². The second-order valence-electron chi connectivity index (χ2n) is 8.33. The molecule has 0 aliphatic heterocycles. The zero-order chi connectivity index (χ0) is 24.1. The number of para-hydroxylation sites is 1. The van der Waals surface area contributed by atoms with Gasteiger partial charge in [0.1, 0.15) is 5.52 Å². The topological polar surface area (TPSA) is 55.1 Å². The number of hydrogen-bond acceptors (Lipinski definition) is 6. The first-order valence-corrected chi connectivity index (χ1v) is 13.0. The third kappa shape index (κ3) is 3.47. The molecule has 0 bridgehead atoms. The van der Waals surface area contributed by atoms with Gasteiger partial charge in [0.15, 0.2) is 17.8 Å². The largest absolute Gasteiger partial charge is 0.443 e. The molecule has 4 aromatic carbocycles. The summed E-state index contributed by atoms with van der Waals surface area (Å²) in [5.74, 6) is 0.718. The summed E-state index contributed by atoms with van der Waals surface area (Å²) in [5.41, 5.74) is 5.73. The molecule has 3 heterocycles. The highest BCUT2D eigenvalue weighted by atomic mass is 79.9. The molecule has 7 rings (SSSR count). The Morgan fingerprint density at radius 1 is 0.778 bits per heavy atom. The number of oxazole rings is 1. The molecule has 0 atom stereocenters. The first-order chi connectivity index (χ1) is 17.8. The van der Waals surface area contributed by atoms with Crippen molar-refractivity contribution in [3.8, 4) is 11.4 Å². The average Bonchev–Trinajstić information content (AvgIpc) is 3.54. The maximum Gasteiger partial charge on any atom is 0.181 e. The number of hydrogen-bond donors (Lipinski definition) is 0. The third-order valence-electron chi connectivity index (χ3n) is 6.19. The summed E-state index contributed by atoms with van der Waals surface area (Å²) in [4.78, 5) is 15.8. The molecule has 0 saturated heterocycles. The number of nitrogens with zero attached hydrogens (tertiary/aromatic N) is 4. The zero-order valence-corrected chi connectivity index (χ0v) is 21.2. The van der Waals surface area contributed by atoms with Crippen molar-refractivity contribution in [2.45, 2.75) is 0 Å². The van der Waals surface area contributed by atoms with Crippen molar-refractivity contribution in [2.75, 3.05) is 4.90 Å². The van der Waals surface area contributed by atoms with E-state index in [-0.39, 0.29) is 0 Å². The smallest absolute Gasteiger partial charge is 0.181 e. The number of benzene rings is 4. The van der Waals surface area contributed by atoms with E-state index in [1.54, 1.807) is 23.7 Å². The number of thiophene rings is 1. The SMILES string of the molecule is Brc1ccc2sc3c(-c4ncccn4)ccc(N(c4ccccc4)c4ccc5ocnc5c4)c3c2c1. The Hall–Kier alpha value is -4.07. The van der Waals surface area contributed by atoms with Crippen LogP contribution in [0, 0.1) is 0 Å². The minimum absolute atomic E-state index is 0.718. The van der Waals surface area contributed by atoms with E-state index in [2.05, 4.69) is 103 Å². The minimum Gasteiger partial charge on any atom is -0.443 e. The Kier molecular flexibility index (Phi) is 5.04. The van der Waals surface area contributed by atoms with Gasteiger partial charge in [-0.05, 0) is 66.7 Å². The number of aromatic nitrogens is 3. The summed E-state index contributed by atoms with van der Waals surface area (Å²) in [6.07, 6.45) is 5.06. The Morgan fingerprint density at radius 3 is 2.50 bits per heavy atom. The van der Waals surface area contributed by atoms with Crippen LogP contribution in [-0.4, -0.2) is 15.0 Å². The van der Waals surface area contributed by atoms with E-state index < -0.39 is 0 Å². The maximum atomic E-state index is 5.51. The van der Waals surface area contributed by atoms with Gasteiger partial charge in [-0.3, -0.25) is 0 Å². The highest BCUT2D eigenvalue weighted by Gasteiger charge is 2.22. The molecule has 0 N–H and O–H groups in total. The van der Waals surface area contributed by atoms with E-state index in [4.69, 9.17) is 4.42 Å². The first kappa shape index (κ1) is 21.2. The van der Waals surface area contributed by atoms with Crippen LogP contribution in [0.1, 0.15) is 0 Å². The van der Waals surface area contributed by atoms with Gasteiger partial charge in [-0.15, -0.1) is 11.3 Å². The molecule has 172 valence electrons. The van der Waals surface area contributed by atoms with E-state index in [1.807, 2.05) is 18.2 Å². The van der Waals surface area contributed by atoms with Crippen molar-refractivity contribution in [1.29, 1.82) is 0 Å². The molecule has 0 amide bonds. The third-order valence-corrected chi connectivity index (χ3v) is 7.89. The Morgan fingerprint density at radius 2 is 1.64 bits per heavy atom. The minimum atomic E-state index is 0.718. The van der Waals surface area contributed by atoms with Gasteiger partial charge in [0.05, 0.1) is 5.69 Å². The lowest BCUT2D eigenvalue weighted by molar-refractivity contribution is 0.602. The lowest BCUT2D eigenvalue weighted by Crippen LogP contribution is -2.10. The van der Waals surface area contributed by atoms with E-state index in [0.29, 0.717) is 0 Å². The molecule has 0 aliphatic carbocycles. The molecule has 7 aromatic rings. The summed E-state index contributed by atoms with van der Waals surface area (Å²) in [5, 5.41) is 2.34. The highest BCUT2D eigenvalue weighted by Crippen LogP contribution is 2.48. The summed E-state index contributed by atoms with van der Waals surface area (Å²) in [7, 11) is 0. The summed E-state index contributed by atoms with van der Waals surface area (Å²) in [6, 6.07) is 29.1. The molecule has 0 fully saturated rings. The van der Waals surface area contributed by atoms with Gasteiger partial charge in [-0.25, -0.2) is 15.0 Å². The van der Waals surface area contributed by atoms with Crippen molar-refractivity contribution in [1.82, 2.24) is 15.0 Å². The van der Waals surface area contributed by atoms with E-state index in [0.717, 1.165) is 54.1 Å². The fourth-order valence-electron chi connectivity index (χ4n) is 4.63. The van der Waals surface area contributed by atoms with Gasteiger partial charge in [0, 0.05) is 54.0 Å². The Balaban J connectivity index is 1.58. The van der Waals surface area contributed by atoms with Crippen molar-refractivity contribution in [3.05, 3.63) is 108 Å². The van der Waals surface area contributed by atoms with E-state index >= 15 is 0 Å². The van der Waals surface area contributed by atoms with Gasteiger partial charge >= 0.3 is 0 Å². The summed E-state index contributed by atoms with van der Waals surface area (Å²) < 4.78 is 8.90. The Bertz CT molecular complexity index is 1870. The fraction of sp³-hybridized carbons (Fsp3) is 0. The van der Waals surface area contributed by atoms with Crippen molar-refractivity contribution in [3.63, 3.8) is 0 Å². The van der Waals surface area contributed by atoms with E-state index in [1.165, 1.54) is 16.5 Å². The molecule has 0 aliphatic rings. The van der Waals surface area contributed by atoms with Crippen molar-refractivity contribution < 1.29 is 4.42 Å². The predicted molar refractivity (Wildman–Crippen MR) is 150 cm³/mol. The molecule has 5 nitrogen and oxygen atoms in total. The number of halogens is 1. The lowest BCUT2D eigenvalue weighted by atomic mass is 10.0. The van der Waals surface area contributed by atoms with Crippen LogP contribution in [0.15, 0.2) is 113 Å². The van der Waals surface area contributed by atoms with Crippen LogP contribution in [0.5, 0.6) is 0 Å². The van der Waals surface area contributed by atoms with Crippen LogP contribution < -0.4 is 4.90 Å². The van der Waals surface area contributed by atoms with Gasteiger partial charge in [-0.2, -0.15) is 0 Å². The zero-order valence-electron chi connectivity index (χ0n) is 18.8. The molecule has 3 aromatic heterocycles. The molecular formula is C29H17BrN4OS. The normalized spacial score (nSPS) is 11.5. The van der Waals surface area contributed by atoms with Crippen LogP contribution in [-0.2, 0) is 0 Å². The summed E-state index contributed by atoms with van der Waals surface area (Å²) in [6.45, 7) is 0. The number of anilines is 3. The maximum absolute atomic E-state index is 5.51. The highest BCUT2D eigenvalue weighted by molar-refractivity contribution is 9.10. The van der Waals surface area contributed by atoms with Crippen LogP contribution in [0.4, 0.5) is 17.1 Å². The molecule has 0 spiro atoms. The quantitative estimate of drug-likeness (QED) is 0.220. The van der Waals surface area contributed by atoms with Crippen LogP contribution >= 0.6 is 27.3 Å². The fourth-order valence-corrected chi connectivity index (χ4v) is 6.20. The Labute approximate surface area is 218 Å². The second-order valence-corrected chi connectivity index (χ2v) is 10.3. The molecular weight excluding hydrogens is 532 g/mol. The monoisotopic (exact) mass is 548 g/mol. The first-order valence-electron chi connectivity index (χ1n) is 11.4.